The van der Waals surface area contributed by atoms with E-state index in [1.165, 1.54) is 23.1 Å². The standard InChI is InChI=1S/C18H22FN3O3S/c1-12-17(10-21(3)18(23)14-5-4-6-15(19)9-14)13(2)22(20-12)16-7-8-26(24,25)11-16/h4-6,9,16H,7-8,10-11H2,1-3H3/t16-/m0/s1. The van der Waals surface area contributed by atoms with Crippen molar-refractivity contribution in [1.82, 2.24) is 14.7 Å². The number of halogens is 1. The van der Waals surface area contributed by atoms with Crippen molar-refractivity contribution in [1.29, 1.82) is 0 Å². The van der Waals surface area contributed by atoms with Crippen molar-refractivity contribution in [2.24, 2.45) is 0 Å². The largest absolute Gasteiger partial charge is 0.337 e. The monoisotopic (exact) mass is 379 g/mol. The van der Waals surface area contributed by atoms with E-state index in [0.717, 1.165) is 17.0 Å². The zero-order valence-electron chi connectivity index (χ0n) is 15.1. The Balaban J connectivity index is 1.81. The molecule has 1 aliphatic rings. The number of carbonyl (C=O) groups excluding carboxylic acids is 1. The van der Waals surface area contributed by atoms with Crippen LogP contribution in [-0.2, 0) is 16.4 Å². The summed E-state index contributed by atoms with van der Waals surface area (Å²) in [5.74, 6) is -0.443. The number of aryl methyl sites for hydroxylation is 1. The van der Waals surface area contributed by atoms with Crippen molar-refractivity contribution < 1.29 is 17.6 Å². The molecule has 0 bridgehead atoms. The molecule has 1 saturated heterocycles. The first kappa shape index (κ1) is 18.6. The van der Waals surface area contributed by atoms with Gasteiger partial charge in [-0.15, -0.1) is 0 Å². The molecular weight excluding hydrogens is 357 g/mol. The molecule has 2 heterocycles. The third-order valence-electron chi connectivity index (χ3n) is 4.84. The molecule has 1 aromatic carbocycles. The number of hydrogen-bond donors (Lipinski definition) is 0. The molecule has 140 valence electrons. The molecule has 1 aliphatic heterocycles. The molecule has 0 radical (unpaired) electrons. The van der Waals surface area contributed by atoms with E-state index >= 15 is 0 Å². The summed E-state index contributed by atoms with van der Waals surface area (Å²) in [5.41, 5.74) is 2.81. The maximum atomic E-state index is 13.4. The second kappa shape index (κ2) is 6.83. The summed E-state index contributed by atoms with van der Waals surface area (Å²) in [7, 11) is -1.35. The van der Waals surface area contributed by atoms with Crippen LogP contribution in [0.4, 0.5) is 4.39 Å². The Hall–Kier alpha value is -2.22. The maximum absolute atomic E-state index is 13.4. The predicted octanol–water partition coefficient (Wildman–Crippen LogP) is 2.27. The van der Waals surface area contributed by atoms with Gasteiger partial charge in [0.2, 0.25) is 0 Å². The maximum Gasteiger partial charge on any atom is 0.254 e. The minimum absolute atomic E-state index is 0.104. The number of sulfone groups is 1. The smallest absolute Gasteiger partial charge is 0.254 e. The highest BCUT2D eigenvalue weighted by Crippen LogP contribution is 2.27. The third-order valence-corrected chi connectivity index (χ3v) is 6.59. The van der Waals surface area contributed by atoms with E-state index < -0.39 is 15.7 Å². The van der Waals surface area contributed by atoms with E-state index in [4.69, 9.17) is 0 Å². The fraction of sp³-hybridized carbons (Fsp3) is 0.444. The zero-order chi connectivity index (χ0) is 19.1. The number of benzene rings is 1. The number of nitrogens with zero attached hydrogens (tertiary/aromatic N) is 3. The summed E-state index contributed by atoms with van der Waals surface area (Å²) < 4.78 is 38.6. The molecule has 1 amide bonds. The van der Waals surface area contributed by atoms with Crippen molar-refractivity contribution >= 4 is 15.7 Å². The molecule has 1 aromatic heterocycles. The number of amides is 1. The summed E-state index contributed by atoms with van der Waals surface area (Å²) >= 11 is 0. The lowest BCUT2D eigenvalue weighted by atomic mass is 10.1. The highest BCUT2D eigenvalue weighted by Gasteiger charge is 2.31. The van der Waals surface area contributed by atoms with E-state index in [2.05, 4.69) is 5.10 Å². The molecule has 2 aromatic rings. The highest BCUT2D eigenvalue weighted by molar-refractivity contribution is 7.91. The summed E-state index contributed by atoms with van der Waals surface area (Å²) in [4.78, 5) is 14.0. The van der Waals surface area contributed by atoms with Crippen LogP contribution in [0, 0.1) is 19.7 Å². The third kappa shape index (κ3) is 3.65. The molecule has 0 aliphatic carbocycles. The minimum atomic E-state index is -3.00. The lowest BCUT2D eigenvalue weighted by Gasteiger charge is -2.18. The first-order valence-electron chi connectivity index (χ1n) is 8.44. The molecule has 8 heteroatoms. The topological polar surface area (TPSA) is 72.3 Å². The molecule has 26 heavy (non-hydrogen) atoms. The number of hydrogen-bond acceptors (Lipinski definition) is 4. The van der Waals surface area contributed by atoms with E-state index in [0.29, 0.717) is 13.0 Å². The molecule has 0 N–H and O–H groups in total. The molecule has 0 spiro atoms. The van der Waals surface area contributed by atoms with Crippen LogP contribution in [0.3, 0.4) is 0 Å². The van der Waals surface area contributed by atoms with Crippen LogP contribution < -0.4 is 0 Å². The van der Waals surface area contributed by atoms with E-state index in [1.54, 1.807) is 17.8 Å². The van der Waals surface area contributed by atoms with E-state index in [1.807, 2.05) is 13.8 Å². The summed E-state index contributed by atoms with van der Waals surface area (Å²) in [6, 6.07) is 5.44. The lowest BCUT2D eigenvalue weighted by molar-refractivity contribution is 0.0784. The first-order chi connectivity index (χ1) is 12.2. The average Bonchev–Trinajstić information content (AvgIpc) is 3.07. The number of carbonyl (C=O) groups is 1. The van der Waals surface area contributed by atoms with Crippen molar-refractivity contribution in [3.05, 3.63) is 52.6 Å². The zero-order valence-corrected chi connectivity index (χ0v) is 15.9. The van der Waals surface area contributed by atoms with Gasteiger partial charge in [0.05, 0.1) is 23.2 Å². The highest BCUT2D eigenvalue weighted by atomic mass is 32.2. The average molecular weight is 379 g/mol. The van der Waals surface area contributed by atoms with Gasteiger partial charge >= 0.3 is 0 Å². The Morgan fingerprint density at radius 2 is 2.12 bits per heavy atom. The second-order valence-electron chi connectivity index (χ2n) is 6.82. The van der Waals surface area contributed by atoms with Gasteiger partial charge in [0.25, 0.3) is 5.91 Å². The second-order valence-corrected chi connectivity index (χ2v) is 9.05. The van der Waals surface area contributed by atoms with Crippen LogP contribution >= 0.6 is 0 Å². The molecule has 1 fully saturated rings. The predicted molar refractivity (Wildman–Crippen MR) is 96.2 cm³/mol. The van der Waals surface area contributed by atoms with Crippen LogP contribution in [0.5, 0.6) is 0 Å². The van der Waals surface area contributed by atoms with Crippen LogP contribution in [0.1, 0.15) is 39.8 Å². The summed E-state index contributed by atoms with van der Waals surface area (Å²) in [6.45, 7) is 4.07. The molecule has 6 nitrogen and oxygen atoms in total. The van der Waals surface area contributed by atoms with Crippen LogP contribution in [-0.4, -0.2) is 47.6 Å². The Bertz CT molecular complexity index is 953. The fourth-order valence-corrected chi connectivity index (χ4v) is 5.09. The van der Waals surface area contributed by atoms with Gasteiger partial charge in [-0.05, 0) is 38.5 Å². The normalized spacial score (nSPS) is 18.8. The summed E-state index contributed by atoms with van der Waals surface area (Å²) in [5, 5.41) is 4.51. The lowest BCUT2D eigenvalue weighted by Crippen LogP contribution is -2.26. The Kier molecular flexibility index (Phi) is 4.88. The van der Waals surface area contributed by atoms with Gasteiger partial charge in [-0.25, -0.2) is 12.8 Å². The van der Waals surface area contributed by atoms with Crippen LogP contribution in [0.2, 0.25) is 0 Å². The molecular formula is C18H22FN3O3S. The first-order valence-corrected chi connectivity index (χ1v) is 10.3. The Morgan fingerprint density at radius 1 is 1.38 bits per heavy atom. The van der Waals surface area contributed by atoms with Gasteiger partial charge in [-0.2, -0.15) is 5.10 Å². The van der Waals surface area contributed by atoms with Gasteiger partial charge in [-0.1, -0.05) is 6.07 Å². The van der Waals surface area contributed by atoms with Crippen molar-refractivity contribution in [2.75, 3.05) is 18.6 Å². The molecule has 0 saturated carbocycles. The Labute approximate surface area is 152 Å². The number of rotatable bonds is 4. The van der Waals surface area contributed by atoms with Crippen LogP contribution in [0.15, 0.2) is 24.3 Å². The van der Waals surface area contributed by atoms with Crippen molar-refractivity contribution in [3.63, 3.8) is 0 Å². The number of aromatic nitrogens is 2. The quantitative estimate of drug-likeness (QED) is 0.817. The van der Waals surface area contributed by atoms with Gasteiger partial charge in [0.15, 0.2) is 9.84 Å². The van der Waals surface area contributed by atoms with Crippen molar-refractivity contribution in [2.45, 2.75) is 32.9 Å². The van der Waals surface area contributed by atoms with Gasteiger partial charge < -0.3 is 4.90 Å². The van der Waals surface area contributed by atoms with Crippen LogP contribution in [0.25, 0.3) is 0 Å². The van der Waals surface area contributed by atoms with E-state index in [-0.39, 0.29) is 29.0 Å². The molecule has 1 atom stereocenters. The van der Waals surface area contributed by atoms with E-state index in [9.17, 15) is 17.6 Å². The van der Waals surface area contributed by atoms with Gasteiger partial charge in [0.1, 0.15) is 5.82 Å². The fourth-order valence-electron chi connectivity index (χ4n) is 3.40. The Morgan fingerprint density at radius 3 is 2.73 bits per heavy atom. The SMILES string of the molecule is Cc1nn([C@H]2CCS(=O)(=O)C2)c(C)c1CN(C)C(=O)c1cccc(F)c1. The molecule has 0 unspecified atom stereocenters. The minimum Gasteiger partial charge on any atom is -0.337 e. The van der Waals surface area contributed by atoms with Crippen molar-refractivity contribution in [3.8, 4) is 0 Å². The molecule has 3 rings (SSSR count). The summed E-state index contributed by atoms with van der Waals surface area (Å²) in [6.07, 6.45) is 0.557. The van der Waals surface area contributed by atoms with Gasteiger partial charge in [-0.3, -0.25) is 9.48 Å². The van der Waals surface area contributed by atoms with Gasteiger partial charge in [0, 0.05) is 30.4 Å².